The van der Waals surface area contributed by atoms with E-state index in [1.54, 1.807) is 11.1 Å². The molecule has 0 spiro atoms. The minimum absolute atomic E-state index is 0.0287. The van der Waals surface area contributed by atoms with E-state index >= 15 is 0 Å². The molecule has 2 fully saturated rings. The molecule has 1 aliphatic heterocycles. The van der Waals surface area contributed by atoms with Crippen LogP contribution in [0.4, 0.5) is 0 Å². The number of fused-ring (bicyclic) bond motifs is 1. The summed E-state index contributed by atoms with van der Waals surface area (Å²) in [6, 6.07) is 9.61. The van der Waals surface area contributed by atoms with Crippen LogP contribution in [0, 0.1) is 0 Å². The van der Waals surface area contributed by atoms with Gasteiger partial charge in [0.25, 0.3) is 5.91 Å². The molecule has 0 N–H and O–H groups in total. The monoisotopic (exact) mass is 267 g/mol. The smallest absolute Gasteiger partial charge is 0.289 e. The summed E-state index contributed by atoms with van der Waals surface area (Å²) in [6.45, 7) is 1.66. The molecule has 2 aromatic rings. The molecule has 1 saturated heterocycles. The maximum atomic E-state index is 12.5. The first-order chi connectivity index (χ1) is 9.81. The van der Waals surface area contributed by atoms with Gasteiger partial charge in [-0.15, -0.1) is 0 Å². The Bertz CT molecular complexity index is 662. The number of nitrogens with zero attached hydrogens (tertiary/aromatic N) is 1. The summed E-state index contributed by atoms with van der Waals surface area (Å²) in [4.78, 5) is 14.4. The molecule has 1 aromatic heterocycles. The second kappa shape index (κ2) is 4.51. The molecule has 3 heteroatoms. The lowest BCUT2D eigenvalue weighted by Gasteiger charge is -2.27. The van der Waals surface area contributed by atoms with Crippen molar-refractivity contribution in [2.24, 2.45) is 0 Å². The highest BCUT2D eigenvalue weighted by Gasteiger charge is 2.26. The van der Waals surface area contributed by atoms with Gasteiger partial charge in [-0.1, -0.05) is 29.3 Å². The summed E-state index contributed by atoms with van der Waals surface area (Å²) in [5.41, 5.74) is 4.02. The van der Waals surface area contributed by atoms with Gasteiger partial charge in [-0.2, -0.15) is 0 Å². The van der Waals surface area contributed by atoms with Crippen LogP contribution in [0.2, 0.25) is 0 Å². The molecule has 0 radical (unpaired) electrons. The van der Waals surface area contributed by atoms with Crippen molar-refractivity contribution in [1.29, 1.82) is 0 Å². The number of hydrogen-bond donors (Lipinski definition) is 0. The van der Waals surface area contributed by atoms with E-state index in [0.717, 1.165) is 36.9 Å². The van der Waals surface area contributed by atoms with Gasteiger partial charge in [0.1, 0.15) is 5.58 Å². The third-order valence-electron chi connectivity index (χ3n) is 4.29. The predicted molar refractivity (Wildman–Crippen MR) is 77.6 cm³/mol. The highest BCUT2D eigenvalue weighted by atomic mass is 16.3. The van der Waals surface area contributed by atoms with Crippen LogP contribution in [0.25, 0.3) is 11.0 Å². The van der Waals surface area contributed by atoms with E-state index in [9.17, 15) is 4.79 Å². The first-order valence-electron chi connectivity index (χ1n) is 7.29. The van der Waals surface area contributed by atoms with Crippen molar-refractivity contribution in [3.05, 3.63) is 47.2 Å². The number of carbonyl (C=O) groups is 1. The lowest BCUT2D eigenvalue weighted by Crippen LogP contribution is -2.36. The van der Waals surface area contributed by atoms with Gasteiger partial charge in [0.15, 0.2) is 5.76 Å². The summed E-state index contributed by atoms with van der Waals surface area (Å²) in [7, 11) is 0. The van der Waals surface area contributed by atoms with Crippen LogP contribution in [-0.2, 0) is 0 Å². The second-order valence-electron chi connectivity index (χ2n) is 5.65. The fourth-order valence-electron chi connectivity index (χ4n) is 2.99. The first-order valence-corrected chi connectivity index (χ1v) is 7.29. The Morgan fingerprint density at radius 2 is 1.70 bits per heavy atom. The standard InChI is InChI=1S/C17H17NO2/c19-17(16-11-14-3-1-2-4-15(14)20-16)18-9-7-13(8-10-18)12-5-6-12/h1-4,11H,5-10H2. The molecule has 1 amide bonds. The zero-order chi connectivity index (χ0) is 13.5. The topological polar surface area (TPSA) is 33.5 Å². The minimum atomic E-state index is 0.0287. The van der Waals surface area contributed by atoms with Crippen molar-refractivity contribution in [1.82, 2.24) is 4.90 Å². The Hall–Kier alpha value is -2.03. The summed E-state index contributed by atoms with van der Waals surface area (Å²) in [6.07, 6.45) is 4.66. The van der Waals surface area contributed by atoms with Crippen molar-refractivity contribution in [2.75, 3.05) is 13.1 Å². The molecule has 0 bridgehead atoms. The van der Waals surface area contributed by atoms with Crippen LogP contribution in [0.15, 0.2) is 45.9 Å². The van der Waals surface area contributed by atoms with Crippen LogP contribution < -0.4 is 0 Å². The molecule has 3 nitrogen and oxygen atoms in total. The van der Waals surface area contributed by atoms with E-state index in [1.165, 1.54) is 12.8 Å². The fourth-order valence-corrected chi connectivity index (χ4v) is 2.99. The molecular weight excluding hydrogens is 250 g/mol. The van der Waals surface area contributed by atoms with Crippen LogP contribution in [0.3, 0.4) is 0 Å². The molecule has 20 heavy (non-hydrogen) atoms. The van der Waals surface area contributed by atoms with Crippen molar-refractivity contribution < 1.29 is 9.21 Å². The lowest BCUT2D eigenvalue weighted by molar-refractivity contribution is 0.0713. The number of furan rings is 1. The first kappa shape index (κ1) is 11.8. The van der Waals surface area contributed by atoms with Gasteiger partial charge in [0, 0.05) is 18.5 Å². The molecule has 2 heterocycles. The fraction of sp³-hybridized carbons (Fsp3) is 0.353. The molecular formula is C17H17NO2. The van der Waals surface area contributed by atoms with Crippen LogP contribution >= 0.6 is 0 Å². The van der Waals surface area contributed by atoms with E-state index in [-0.39, 0.29) is 5.91 Å². The average Bonchev–Trinajstić information content (AvgIpc) is 3.25. The number of hydrogen-bond acceptors (Lipinski definition) is 2. The van der Waals surface area contributed by atoms with E-state index in [2.05, 4.69) is 0 Å². The molecule has 102 valence electrons. The Morgan fingerprint density at radius 3 is 2.40 bits per heavy atom. The second-order valence-corrected chi connectivity index (χ2v) is 5.65. The normalized spacial score (nSPS) is 18.7. The summed E-state index contributed by atoms with van der Waals surface area (Å²) in [5.74, 6) is 0.495. The number of likely N-dealkylation sites (tertiary alicyclic amines) is 1. The van der Waals surface area contributed by atoms with Gasteiger partial charge < -0.3 is 9.32 Å². The van der Waals surface area contributed by atoms with Gasteiger partial charge in [0.2, 0.25) is 0 Å². The van der Waals surface area contributed by atoms with Gasteiger partial charge in [-0.25, -0.2) is 0 Å². The molecule has 0 atom stereocenters. The minimum Gasteiger partial charge on any atom is -0.451 e. The van der Waals surface area contributed by atoms with Crippen molar-refractivity contribution in [3.8, 4) is 0 Å². The van der Waals surface area contributed by atoms with Crippen molar-refractivity contribution >= 4 is 16.9 Å². The Morgan fingerprint density at radius 1 is 1.00 bits per heavy atom. The third kappa shape index (κ3) is 2.03. The van der Waals surface area contributed by atoms with Crippen molar-refractivity contribution in [3.63, 3.8) is 0 Å². The Balaban J connectivity index is 1.53. The molecule has 1 aliphatic carbocycles. The van der Waals surface area contributed by atoms with E-state index in [4.69, 9.17) is 4.42 Å². The Labute approximate surface area is 117 Å². The zero-order valence-corrected chi connectivity index (χ0v) is 11.4. The highest BCUT2D eigenvalue weighted by molar-refractivity contribution is 5.96. The lowest BCUT2D eigenvalue weighted by atomic mass is 10.0. The maximum absolute atomic E-state index is 12.5. The van der Waals surface area contributed by atoms with Crippen molar-refractivity contribution in [2.45, 2.75) is 25.7 Å². The third-order valence-corrected chi connectivity index (χ3v) is 4.29. The molecule has 1 aromatic carbocycles. The molecule has 4 rings (SSSR count). The van der Waals surface area contributed by atoms with Gasteiger partial charge >= 0.3 is 0 Å². The number of para-hydroxylation sites is 1. The number of carbonyl (C=O) groups excluding carboxylic acids is 1. The van der Waals surface area contributed by atoms with Gasteiger partial charge in [-0.05, 0) is 37.8 Å². The van der Waals surface area contributed by atoms with E-state index in [1.807, 2.05) is 35.2 Å². The number of piperidine rings is 1. The molecule has 1 saturated carbocycles. The SMILES string of the molecule is O=C(c1cc2ccccc2o1)N1CCC(=C2CC2)CC1. The number of allylic oxidation sites excluding steroid dienone is 1. The number of rotatable bonds is 1. The zero-order valence-electron chi connectivity index (χ0n) is 11.4. The summed E-state index contributed by atoms with van der Waals surface area (Å²) >= 11 is 0. The molecule has 0 unspecified atom stereocenters. The Kier molecular flexibility index (Phi) is 2.66. The predicted octanol–water partition coefficient (Wildman–Crippen LogP) is 3.76. The summed E-state index contributed by atoms with van der Waals surface area (Å²) < 4.78 is 5.67. The number of benzene rings is 1. The highest BCUT2D eigenvalue weighted by Crippen LogP contribution is 2.36. The number of amides is 1. The summed E-state index contributed by atoms with van der Waals surface area (Å²) in [5, 5.41) is 0.994. The van der Waals surface area contributed by atoms with Crippen LogP contribution in [0.1, 0.15) is 36.2 Å². The van der Waals surface area contributed by atoms with E-state index < -0.39 is 0 Å². The average molecular weight is 267 g/mol. The van der Waals surface area contributed by atoms with E-state index in [0.29, 0.717) is 5.76 Å². The largest absolute Gasteiger partial charge is 0.451 e. The van der Waals surface area contributed by atoms with Crippen LogP contribution in [0.5, 0.6) is 0 Å². The maximum Gasteiger partial charge on any atom is 0.289 e. The van der Waals surface area contributed by atoms with Gasteiger partial charge in [0.05, 0.1) is 0 Å². The quantitative estimate of drug-likeness (QED) is 0.737. The van der Waals surface area contributed by atoms with Crippen LogP contribution in [-0.4, -0.2) is 23.9 Å². The van der Waals surface area contributed by atoms with Gasteiger partial charge in [-0.3, -0.25) is 4.79 Å². The molecule has 2 aliphatic rings.